The number of hydrogen-bond acceptors (Lipinski definition) is 4. The molecule has 0 aromatic heterocycles. The zero-order valence-corrected chi connectivity index (χ0v) is 15.0. The minimum Gasteiger partial charge on any atom is -0.497 e. The molecule has 2 unspecified atom stereocenters. The number of ether oxygens (including phenoxy) is 1. The molecule has 0 amide bonds. The van der Waals surface area contributed by atoms with Gasteiger partial charge in [-0.1, -0.05) is 0 Å². The van der Waals surface area contributed by atoms with E-state index < -0.39 is 0 Å². The van der Waals surface area contributed by atoms with Crippen LogP contribution in [0.25, 0.3) is 0 Å². The summed E-state index contributed by atoms with van der Waals surface area (Å²) in [7, 11) is 1.55. The van der Waals surface area contributed by atoms with Gasteiger partial charge in [-0.3, -0.25) is 0 Å². The molecule has 0 bridgehead atoms. The fraction of sp³-hybridized carbons (Fsp3) is 0.429. The Morgan fingerprint density at radius 2 is 2.15 bits per heavy atom. The molecule has 3 heterocycles. The van der Waals surface area contributed by atoms with Crippen molar-refractivity contribution in [2.45, 2.75) is 18.8 Å². The first-order valence-electron chi connectivity index (χ1n) is 9.46. The van der Waals surface area contributed by atoms with Gasteiger partial charge in [0.2, 0.25) is 0 Å². The summed E-state index contributed by atoms with van der Waals surface area (Å²) < 4.78 is 19.5. The van der Waals surface area contributed by atoms with E-state index in [9.17, 15) is 4.39 Å². The Morgan fingerprint density at radius 1 is 1.23 bits per heavy atom. The molecule has 0 radical (unpaired) electrons. The van der Waals surface area contributed by atoms with E-state index in [2.05, 4.69) is 27.7 Å². The summed E-state index contributed by atoms with van der Waals surface area (Å²) >= 11 is 0. The van der Waals surface area contributed by atoms with Crippen LogP contribution in [0.3, 0.4) is 0 Å². The Morgan fingerprint density at radius 3 is 3.00 bits per heavy atom. The third-order valence-electron chi connectivity index (χ3n) is 6.06. The van der Waals surface area contributed by atoms with Gasteiger partial charge >= 0.3 is 0 Å². The van der Waals surface area contributed by atoms with Crippen molar-refractivity contribution in [1.82, 2.24) is 5.32 Å². The van der Waals surface area contributed by atoms with E-state index in [-0.39, 0.29) is 5.82 Å². The van der Waals surface area contributed by atoms with Crippen LogP contribution >= 0.6 is 0 Å². The fourth-order valence-electron chi connectivity index (χ4n) is 4.86. The molecule has 136 valence electrons. The van der Waals surface area contributed by atoms with E-state index in [0.717, 1.165) is 38.3 Å². The summed E-state index contributed by atoms with van der Waals surface area (Å²) in [6, 6.07) is 9.39. The van der Waals surface area contributed by atoms with E-state index in [1.807, 2.05) is 0 Å². The molecule has 1 saturated heterocycles. The van der Waals surface area contributed by atoms with Gasteiger partial charge < -0.3 is 20.3 Å². The first kappa shape index (κ1) is 15.9. The van der Waals surface area contributed by atoms with Crippen LogP contribution in [0.4, 0.5) is 21.5 Å². The van der Waals surface area contributed by atoms with Crippen LogP contribution in [0.5, 0.6) is 5.75 Å². The zero-order valence-electron chi connectivity index (χ0n) is 15.0. The van der Waals surface area contributed by atoms with Crippen molar-refractivity contribution in [2.75, 3.05) is 43.5 Å². The van der Waals surface area contributed by atoms with Crippen molar-refractivity contribution in [3.8, 4) is 5.75 Å². The maximum atomic E-state index is 14.4. The Labute approximate surface area is 153 Å². The summed E-state index contributed by atoms with van der Waals surface area (Å²) in [6.45, 7) is 4.46. The maximum absolute atomic E-state index is 14.4. The quantitative estimate of drug-likeness (QED) is 0.883. The molecule has 2 aromatic rings. The fourth-order valence-corrected chi connectivity index (χ4v) is 4.86. The predicted molar refractivity (Wildman–Crippen MR) is 102 cm³/mol. The number of hydrogen-bond donors (Lipinski definition) is 2. The molecule has 1 fully saturated rings. The zero-order chi connectivity index (χ0) is 17.7. The molecule has 5 heteroatoms. The minimum atomic E-state index is -0.294. The normalized spacial score (nSPS) is 23.4. The van der Waals surface area contributed by atoms with Crippen LogP contribution in [0.15, 0.2) is 30.3 Å². The van der Waals surface area contributed by atoms with Gasteiger partial charge in [-0.2, -0.15) is 0 Å². The van der Waals surface area contributed by atoms with Gasteiger partial charge in [-0.05, 0) is 54.2 Å². The first-order valence-corrected chi connectivity index (χ1v) is 9.46. The van der Waals surface area contributed by atoms with Gasteiger partial charge in [0.1, 0.15) is 11.6 Å². The van der Waals surface area contributed by atoms with Crippen molar-refractivity contribution < 1.29 is 9.13 Å². The van der Waals surface area contributed by atoms with Gasteiger partial charge in [0.25, 0.3) is 0 Å². The summed E-state index contributed by atoms with van der Waals surface area (Å²) in [5, 5.41) is 6.86. The topological polar surface area (TPSA) is 36.5 Å². The molecule has 2 N–H and O–H groups in total. The van der Waals surface area contributed by atoms with Crippen LogP contribution in [-0.4, -0.2) is 33.3 Å². The number of nitrogens with zero attached hydrogens (tertiary/aromatic N) is 1. The van der Waals surface area contributed by atoms with Gasteiger partial charge in [0.05, 0.1) is 12.8 Å². The van der Waals surface area contributed by atoms with Crippen molar-refractivity contribution >= 4 is 17.1 Å². The summed E-state index contributed by atoms with van der Waals surface area (Å²) in [4.78, 5) is 2.57. The van der Waals surface area contributed by atoms with E-state index in [4.69, 9.17) is 4.74 Å². The second-order valence-electron chi connectivity index (χ2n) is 7.62. The predicted octanol–water partition coefficient (Wildman–Crippen LogP) is 3.65. The standard InChI is InChI=1S/C21H24FN3O/c1-26-16-4-5-20(19(22)9-16)24-15-7-13-3-2-6-25-12-14-10-23-11-18(14)17(8-15)21(13)25/h4-5,7-9,14,18,23-24H,2-3,6,10-12H2,1H3. The second-order valence-corrected chi connectivity index (χ2v) is 7.62. The third kappa shape index (κ3) is 2.53. The highest BCUT2D eigenvalue weighted by Gasteiger charge is 2.38. The van der Waals surface area contributed by atoms with Crippen LogP contribution in [0, 0.1) is 11.7 Å². The number of fused-ring (bicyclic) bond motifs is 2. The summed E-state index contributed by atoms with van der Waals surface area (Å²) in [5.41, 5.74) is 5.75. The largest absolute Gasteiger partial charge is 0.497 e. The highest BCUT2D eigenvalue weighted by molar-refractivity contribution is 5.73. The number of nitrogens with one attached hydrogen (secondary N) is 2. The van der Waals surface area contributed by atoms with E-state index in [1.54, 1.807) is 19.2 Å². The lowest BCUT2D eigenvalue weighted by molar-refractivity contribution is 0.411. The Kier molecular flexibility index (Phi) is 3.78. The van der Waals surface area contributed by atoms with Crippen molar-refractivity contribution in [3.05, 3.63) is 47.3 Å². The second kappa shape index (κ2) is 6.16. The number of benzene rings is 2. The molecule has 3 aliphatic heterocycles. The average molecular weight is 353 g/mol. The first-order chi connectivity index (χ1) is 12.7. The monoisotopic (exact) mass is 353 g/mol. The molecular formula is C21H24FN3O. The molecule has 0 saturated carbocycles. The number of halogens is 1. The van der Waals surface area contributed by atoms with E-state index >= 15 is 0 Å². The molecule has 5 rings (SSSR count). The van der Waals surface area contributed by atoms with Gasteiger partial charge in [0.15, 0.2) is 0 Å². The highest BCUT2D eigenvalue weighted by Crippen LogP contribution is 2.46. The lowest BCUT2D eigenvalue weighted by atomic mass is 9.80. The molecule has 0 spiro atoms. The number of aryl methyl sites for hydroxylation is 1. The van der Waals surface area contributed by atoms with E-state index in [1.165, 1.54) is 29.3 Å². The summed E-state index contributed by atoms with van der Waals surface area (Å²) in [6.07, 6.45) is 2.29. The number of methoxy groups -OCH3 is 1. The molecular weight excluding hydrogens is 329 g/mol. The molecule has 2 atom stereocenters. The Bertz CT molecular complexity index is 853. The smallest absolute Gasteiger partial charge is 0.150 e. The Hall–Kier alpha value is -2.27. The molecule has 4 nitrogen and oxygen atoms in total. The third-order valence-corrected chi connectivity index (χ3v) is 6.06. The van der Waals surface area contributed by atoms with Crippen molar-refractivity contribution in [1.29, 1.82) is 0 Å². The van der Waals surface area contributed by atoms with Crippen LogP contribution in [0.1, 0.15) is 23.5 Å². The van der Waals surface area contributed by atoms with Gasteiger partial charge in [0, 0.05) is 49.5 Å². The van der Waals surface area contributed by atoms with Crippen LogP contribution in [0.2, 0.25) is 0 Å². The van der Waals surface area contributed by atoms with E-state index in [0.29, 0.717) is 23.3 Å². The highest BCUT2D eigenvalue weighted by atomic mass is 19.1. The maximum Gasteiger partial charge on any atom is 0.150 e. The van der Waals surface area contributed by atoms with Crippen LogP contribution < -0.4 is 20.3 Å². The number of rotatable bonds is 3. The van der Waals surface area contributed by atoms with Gasteiger partial charge in [-0.15, -0.1) is 0 Å². The number of anilines is 3. The molecule has 0 aliphatic carbocycles. The molecule has 2 aromatic carbocycles. The van der Waals surface area contributed by atoms with Crippen LogP contribution in [-0.2, 0) is 6.42 Å². The van der Waals surface area contributed by atoms with Crippen molar-refractivity contribution in [3.63, 3.8) is 0 Å². The van der Waals surface area contributed by atoms with Crippen molar-refractivity contribution in [2.24, 2.45) is 5.92 Å². The van der Waals surface area contributed by atoms with Gasteiger partial charge in [-0.25, -0.2) is 4.39 Å². The lowest BCUT2D eigenvalue weighted by Gasteiger charge is -2.42. The SMILES string of the molecule is COc1ccc(Nc2cc3c4c(c2)C2CNCC2CN4CCC3)c(F)c1. The Balaban J connectivity index is 1.54. The molecule has 3 aliphatic rings. The lowest BCUT2D eigenvalue weighted by Crippen LogP contribution is -2.41. The minimum absolute atomic E-state index is 0.294. The average Bonchev–Trinajstić information content (AvgIpc) is 3.12. The molecule has 26 heavy (non-hydrogen) atoms. The summed E-state index contributed by atoms with van der Waals surface area (Å²) in [5.74, 6) is 1.49.